The van der Waals surface area contributed by atoms with Gasteiger partial charge in [0.2, 0.25) is 0 Å². The molecule has 16 heavy (non-hydrogen) atoms. The Morgan fingerprint density at radius 2 is 1.50 bits per heavy atom. The minimum Gasteiger partial charge on any atom is -0.393 e. The van der Waals surface area contributed by atoms with Crippen LogP contribution in [0.3, 0.4) is 0 Å². The Labute approximate surface area is 97.9 Å². The zero-order chi connectivity index (χ0) is 12.9. The van der Waals surface area contributed by atoms with Crippen LogP contribution in [0.15, 0.2) is 0 Å². The zero-order valence-electron chi connectivity index (χ0n) is 10.2. The molecule has 5 N–H and O–H groups in total. The van der Waals surface area contributed by atoms with Crippen LogP contribution in [-0.4, -0.2) is 39.4 Å². The van der Waals surface area contributed by atoms with Gasteiger partial charge < -0.3 is 24.3 Å². The van der Waals surface area contributed by atoms with E-state index in [2.05, 4.69) is 20.8 Å². The quantitative estimate of drug-likeness (QED) is 0.417. The molecule has 3 unspecified atom stereocenters. The Balaban J connectivity index is 0.000000385. The summed E-state index contributed by atoms with van der Waals surface area (Å²) in [4.78, 5) is 29.3. The van der Waals surface area contributed by atoms with Gasteiger partial charge in [-0.15, -0.1) is 0 Å². The predicted molar refractivity (Wildman–Crippen MR) is 62.0 cm³/mol. The Morgan fingerprint density at radius 1 is 1.06 bits per heavy atom. The van der Waals surface area contributed by atoms with Crippen LogP contribution >= 0.6 is 0 Å². The van der Waals surface area contributed by atoms with E-state index < -0.39 is 9.05 Å². The fourth-order valence-corrected chi connectivity index (χ4v) is 2.15. The lowest BCUT2D eigenvalue weighted by molar-refractivity contribution is 0.0266. The van der Waals surface area contributed by atoms with Crippen molar-refractivity contribution in [1.29, 1.82) is 0 Å². The molecule has 5 nitrogen and oxygen atoms in total. The van der Waals surface area contributed by atoms with Gasteiger partial charge >= 0.3 is 9.05 Å². The molecule has 0 bridgehead atoms. The smallest absolute Gasteiger partial charge is 0.393 e. The van der Waals surface area contributed by atoms with E-state index in [9.17, 15) is 5.11 Å². The Morgan fingerprint density at radius 3 is 1.81 bits per heavy atom. The van der Waals surface area contributed by atoms with E-state index in [1.54, 1.807) is 0 Å². The van der Waals surface area contributed by atoms with Gasteiger partial charge in [0, 0.05) is 0 Å². The highest BCUT2D eigenvalue weighted by atomic mass is 28.4. The third-order valence-corrected chi connectivity index (χ3v) is 2.99. The fraction of sp³-hybridized carbons (Fsp3) is 1.00. The van der Waals surface area contributed by atoms with Crippen LogP contribution in [0.4, 0.5) is 0 Å². The first-order valence-electron chi connectivity index (χ1n) is 5.68. The van der Waals surface area contributed by atoms with Gasteiger partial charge in [-0.2, -0.15) is 0 Å². The summed E-state index contributed by atoms with van der Waals surface area (Å²) >= 11 is 0. The number of aliphatic hydroxyl groups excluding tert-OH is 1. The first-order chi connectivity index (χ1) is 7.11. The second-order valence-electron chi connectivity index (χ2n) is 4.99. The van der Waals surface area contributed by atoms with Gasteiger partial charge in [0.15, 0.2) is 0 Å². The van der Waals surface area contributed by atoms with Crippen molar-refractivity contribution in [1.82, 2.24) is 0 Å². The topological polar surface area (TPSA) is 101 Å². The molecule has 0 heterocycles. The van der Waals surface area contributed by atoms with Crippen molar-refractivity contribution < 1.29 is 24.3 Å². The first-order valence-corrected chi connectivity index (χ1v) is 7.47. The van der Waals surface area contributed by atoms with Gasteiger partial charge in [-0.1, -0.05) is 27.2 Å². The Kier molecular flexibility index (Phi) is 6.69. The van der Waals surface area contributed by atoms with Crippen LogP contribution < -0.4 is 0 Å². The summed E-state index contributed by atoms with van der Waals surface area (Å²) < 4.78 is 0. The normalized spacial score (nSPS) is 30.9. The van der Waals surface area contributed by atoms with Crippen LogP contribution in [-0.2, 0) is 0 Å². The minimum atomic E-state index is -4.61. The molecule has 98 valence electrons. The predicted octanol–water partition coefficient (Wildman–Crippen LogP) is -0.169. The highest BCUT2D eigenvalue weighted by Crippen LogP contribution is 2.33. The van der Waals surface area contributed by atoms with Gasteiger partial charge in [-0.05, 0) is 30.6 Å². The van der Waals surface area contributed by atoms with Gasteiger partial charge in [-0.25, -0.2) is 0 Å². The van der Waals surface area contributed by atoms with Crippen molar-refractivity contribution in [3.05, 3.63) is 0 Å². The summed E-state index contributed by atoms with van der Waals surface area (Å²) in [6, 6.07) is 0. The Hall–Kier alpha value is 0.0169. The molecule has 0 radical (unpaired) electrons. The molecule has 1 rings (SSSR count). The molecule has 1 saturated carbocycles. The summed E-state index contributed by atoms with van der Waals surface area (Å²) in [5, 5.41) is 9.71. The molecule has 0 saturated heterocycles. The van der Waals surface area contributed by atoms with E-state index in [4.69, 9.17) is 19.2 Å². The average Bonchev–Trinajstić information content (AvgIpc) is 1.99. The molecule has 3 atom stereocenters. The van der Waals surface area contributed by atoms with Crippen LogP contribution in [0, 0.1) is 17.8 Å². The summed E-state index contributed by atoms with van der Waals surface area (Å²) in [5.74, 6) is 1.95. The molecule has 0 aliphatic heterocycles. The second-order valence-corrected chi connectivity index (χ2v) is 6.19. The molecule has 0 aromatic rings. The van der Waals surface area contributed by atoms with Crippen molar-refractivity contribution in [3.8, 4) is 0 Å². The fourth-order valence-electron chi connectivity index (χ4n) is 2.15. The maximum absolute atomic E-state index is 9.71. The van der Waals surface area contributed by atoms with E-state index in [0.29, 0.717) is 11.8 Å². The van der Waals surface area contributed by atoms with Crippen molar-refractivity contribution in [2.45, 2.75) is 46.1 Å². The van der Waals surface area contributed by atoms with E-state index in [1.165, 1.54) is 12.8 Å². The van der Waals surface area contributed by atoms with Gasteiger partial charge in [0.1, 0.15) is 0 Å². The van der Waals surface area contributed by atoms with Gasteiger partial charge in [-0.3, -0.25) is 0 Å². The van der Waals surface area contributed by atoms with E-state index in [0.717, 1.165) is 12.3 Å². The summed E-state index contributed by atoms with van der Waals surface area (Å²) in [6.45, 7) is 6.66. The molecule has 1 aliphatic rings. The molecule has 0 spiro atoms. The minimum absolute atomic E-state index is 0.0289. The van der Waals surface area contributed by atoms with Crippen molar-refractivity contribution in [2.24, 2.45) is 17.8 Å². The number of hydrogen-bond donors (Lipinski definition) is 5. The monoisotopic (exact) mass is 252 g/mol. The second kappa shape index (κ2) is 6.68. The molecule has 1 fully saturated rings. The van der Waals surface area contributed by atoms with Crippen molar-refractivity contribution in [3.63, 3.8) is 0 Å². The number of aliphatic hydroxyl groups is 1. The molecule has 0 amide bonds. The van der Waals surface area contributed by atoms with E-state index in [1.807, 2.05) is 0 Å². The third kappa shape index (κ3) is 8.20. The van der Waals surface area contributed by atoms with Gasteiger partial charge in [0.05, 0.1) is 6.10 Å². The lowest BCUT2D eigenvalue weighted by Gasteiger charge is -2.33. The standard InChI is InChI=1S/C10H20O.H4O4Si/c1-7(2)9-5-4-8(3)6-10(9)11;1-5(2,3)4/h7-11H,4-6H2,1-3H3;1-4H. The number of rotatable bonds is 1. The van der Waals surface area contributed by atoms with Crippen LogP contribution in [0.1, 0.15) is 40.0 Å². The average molecular weight is 252 g/mol. The lowest BCUT2D eigenvalue weighted by Crippen LogP contribution is -2.33. The molecule has 1 aliphatic carbocycles. The molecule has 0 aromatic heterocycles. The highest BCUT2D eigenvalue weighted by Gasteiger charge is 2.28. The maximum Gasteiger partial charge on any atom is 0.668 e. The zero-order valence-corrected chi connectivity index (χ0v) is 11.2. The third-order valence-electron chi connectivity index (χ3n) is 2.99. The van der Waals surface area contributed by atoms with Crippen LogP contribution in [0.5, 0.6) is 0 Å². The van der Waals surface area contributed by atoms with Gasteiger partial charge in [0.25, 0.3) is 0 Å². The molecule has 6 heteroatoms. The summed E-state index contributed by atoms with van der Waals surface area (Å²) in [6.07, 6.45) is 3.52. The van der Waals surface area contributed by atoms with E-state index in [-0.39, 0.29) is 6.10 Å². The molecule has 0 aromatic carbocycles. The van der Waals surface area contributed by atoms with E-state index >= 15 is 0 Å². The number of hydrogen-bond acceptors (Lipinski definition) is 5. The summed E-state index contributed by atoms with van der Waals surface area (Å²) in [5.41, 5.74) is 0. The Bertz CT molecular complexity index is 186. The van der Waals surface area contributed by atoms with Crippen molar-refractivity contribution >= 4 is 9.05 Å². The molecular formula is C10H24O5Si. The van der Waals surface area contributed by atoms with Crippen LogP contribution in [0.2, 0.25) is 0 Å². The van der Waals surface area contributed by atoms with Crippen molar-refractivity contribution in [2.75, 3.05) is 0 Å². The lowest BCUT2D eigenvalue weighted by atomic mass is 9.75. The molecular weight excluding hydrogens is 228 g/mol. The SMILES string of the molecule is CC1CCC(C(C)C)C(O)C1.O[Si](O)(O)O. The van der Waals surface area contributed by atoms with Crippen LogP contribution in [0.25, 0.3) is 0 Å². The summed E-state index contributed by atoms with van der Waals surface area (Å²) in [7, 11) is -4.61. The highest BCUT2D eigenvalue weighted by molar-refractivity contribution is 6.46. The maximum atomic E-state index is 9.71. The first kappa shape index (κ1) is 16.0. The largest absolute Gasteiger partial charge is 0.668 e.